The molecule has 0 atom stereocenters. The highest BCUT2D eigenvalue weighted by Crippen LogP contribution is 2.38. The normalized spacial score (nSPS) is 12.9. The smallest absolute Gasteiger partial charge is 0.225 e. The summed E-state index contributed by atoms with van der Waals surface area (Å²) in [6.07, 6.45) is 5.97. The van der Waals surface area contributed by atoms with Gasteiger partial charge >= 0.3 is 0 Å². The van der Waals surface area contributed by atoms with Crippen molar-refractivity contribution in [1.29, 1.82) is 0 Å². The largest absolute Gasteiger partial charge is 0.445 e. The highest BCUT2D eigenvalue weighted by molar-refractivity contribution is 7.92. The van der Waals surface area contributed by atoms with Gasteiger partial charge in [-0.1, -0.05) is 13.8 Å². The summed E-state index contributed by atoms with van der Waals surface area (Å²) in [4.78, 5) is 26.6. The molecule has 5 aromatic heterocycles. The average Bonchev–Trinajstić information content (AvgIpc) is 4.21. The summed E-state index contributed by atoms with van der Waals surface area (Å²) in [5.41, 5.74) is 8.58. The van der Waals surface area contributed by atoms with Crippen LogP contribution in [-0.2, 0) is 21.1 Å². The number of aromatic nitrogens is 8. The average molecular weight is 980 g/mol. The Balaban J connectivity index is 0.000000170. The summed E-state index contributed by atoms with van der Waals surface area (Å²) in [6, 6.07) is 32.7. The second-order valence-electron chi connectivity index (χ2n) is 15.8. The van der Waals surface area contributed by atoms with Gasteiger partial charge in [-0.25, -0.2) is 46.5 Å². The molecule has 13 nitrogen and oxygen atoms in total. The highest BCUT2D eigenvalue weighted by atomic mass is 32.2. The molecule has 354 valence electrons. The van der Waals surface area contributed by atoms with E-state index in [1.807, 2.05) is 54.8 Å². The molecular weight excluding hydrogens is 936 g/mol. The van der Waals surface area contributed by atoms with Gasteiger partial charge in [0.1, 0.15) is 39.9 Å². The summed E-state index contributed by atoms with van der Waals surface area (Å²) < 4.78 is 77.7. The van der Waals surface area contributed by atoms with Crippen molar-refractivity contribution in [2.45, 2.75) is 24.6 Å². The van der Waals surface area contributed by atoms with Crippen LogP contribution in [0.1, 0.15) is 13.8 Å². The van der Waals surface area contributed by atoms with Gasteiger partial charge in [-0.15, -0.1) is 21.5 Å². The predicted molar refractivity (Wildman–Crippen MR) is 265 cm³/mol. The highest BCUT2D eigenvalue weighted by Gasteiger charge is 2.20. The summed E-state index contributed by atoms with van der Waals surface area (Å²) in [5.74, 6) is 0.193. The Bertz CT molecular complexity index is 3510. The molecule has 10 aromatic rings. The molecule has 70 heavy (non-hydrogen) atoms. The molecule has 0 radical (unpaired) electrons. The molecule has 0 N–H and O–H groups in total. The lowest BCUT2D eigenvalue weighted by molar-refractivity contribution is 0.0364. The van der Waals surface area contributed by atoms with Crippen LogP contribution in [0.25, 0.3) is 89.3 Å². The Labute approximate surface area is 405 Å². The van der Waals surface area contributed by atoms with Gasteiger partial charge in [-0.3, -0.25) is 4.90 Å². The molecular formula is C52H44F3N9O4S2. The molecule has 1 saturated heterocycles. The molecule has 0 unspecified atom stereocenters. The van der Waals surface area contributed by atoms with E-state index in [9.17, 15) is 21.6 Å². The monoisotopic (exact) mass is 979 g/mol. The van der Waals surface area contributed by atoms with Crippen molar-refractivity contribution >= 4 is 43.2 Å². The number of sulfone groups is 1. The number of ether oxygens (including phenoxy) is 1. The topological polar surface area (TPSA) is 155 Å². The SMILES string of the molecule is CC.CS(=O)(=O)c1ccc(-c2nc3ccc(-c4ncco4)cc3nc2-c2ccc(F)cc2)s1.Fc1ccc(-c2nc3ccc(-c4nncn4CCN4CCOCC4)cc3nc2-c2ccc(F)cc2)cc1. The maximum Gasteiger partial charge on any atom is 0.225 e. The van der Waals surface area contributed by atoms with Gasteiger partial charge in [0.05, 0.1) is 63.4 Å². The van der Waals surface area contributed by atoms with Crippen molar-refractivity contribution in [1.82, 2.24) is 44.6 Å². The molecule has 0 aliphatic carbocycles. The zero-order valence-corrected chi connectivity index (χ0v) is 39.8. The van der Waals surface area contributed by atoms with Crippen LogP contribution in [0.3, 0.4) is 0 Å². The third-order valence-electron chi connectivity index (χ3n) is 11.2. The lowest BCUT2D eigenvalue weighted by Gasteiger charge is -2.26. The number of benzene rings is 5. The number of hydrogen-bond donors (Lipinski definition) is 0. The molecule has 1 aliphatic rings. The maximum atomic E-state index is 13.7. The Morgan fingerprint density at radius 1 is 0.600 bits per heavy atom. The minimum atomic E-state index is -3.34. The van der Waals surface area contributed by atoms with Crippen molar-refractivity contribution in [2.24, 2.45) is 0 Å². The number of thiophene rings is 1. The molecule has 0 amide bonds. The van der Waals surface area contributed by atoms with Crippen LogP contribution >= 0.6 is 11.3 Å². The summed E-state index contributed by atoms with van der Waals surface area (Å²) >= 11 is 1.13. The third kappa shape index (κ3) is 10.7. The van der Waals surface area contributed by atoms with Gasteiger partial charge in [-0.05, 0) is 121 Å². The molecule has 1 aliphatic heterocycles. The number of halogens is 3. The maximum absolute atomic E-state index is 13.7. The van der Waals surface area contributed by atoms with Gasteiger partial charge < -0.3 is 13.7 Å². The number of oxazole rings is 1. The lowest BCUT2D eigenvalue weighted by atomic mass is 10.0. The predicted octanol–water partition coefficient (Wildman–Crippen LogP) is 11.1. The van der Waals surface area contributed by atoms with Crippen LogP contribution in [0, 0.1) is 17.5 Å². The first-order valence-corrected chi connectivity index (χ1v) is 25.0. The zero-order valence-electron chi connectivity index (χ0n) is 38.1. The van der Waals surface area contributed by atoms with Crippen molar-refractivity contribution in [2.75, 3.05) is 39.1 Å². The lowest BCUT2D eigenvalue weighted by Crippen LogP contribution is -2.38. The summed E-state index contributed by atoms with van der Waals surface area (Å²) in [6.45, 7) is 9.01. The van der Waals surface area contributed by atoms with E-state index in [-0.39, 0.29) is 21.7 Å². The number of fused-ring (bicyclic) bond motifs is 2. The Morgan fingerprint density at radius 3 is 1.63 bits per heavy atom. The van der Waals surface area contributed by atoms with E-state index in [1.165, 1.54) is 48.9 Å². The zero-order chi connectivity index (χ0) is 48.8. The first kappa shape index (κ1) is 47.6. The van der Waals surface area contributed by atoms with Crippen LogP contribution < -0.4 is 0 Å². The minimum Gasteiger partial charge on any atom is -0.445 e. The minimum absolute atomic E-state index is 0.244. The molecule has 0 bridgehead atoms. The molecule has 0 spiro atoms. The van der Waals surface area contributed by atoms with E-state index in [0.29, 0.717) is 66.7 Å². The molecule has 11 rings (SSSR count). The van der Waals surface area contributed by atoms with Crippen LogP contribution in [-0.4, -0.2) is 92.1 Å². The fourth-order valence-electron chi connectivity index (χ4n) is 7.71. The van der Waals surface area contributed by atoms with E-state index in [4.69, 9.17) is 29.1 Å². The van der Waals surface area contributed by atoms with Crippen LogP contribution in [0.5, 0.6) is 0 Å². The number of nitrogens with zero attached hydrogens (tertiary/aromatic N) is 9. The van der Waals surface area contributed by atoms with Gasteiger partial charge in [0, 0.05) is 60.3 Å². The van der Waals surface area contributed by atoms with Crippen molar-refractivity contribution < 1.29 is 30.7 Å². The van der Waals surface area contributed by atoms with Crippen molar-refractivity contribution in [3.63, 3.8) is 0 Å². The van der Waals surface area contributed by atoms with Crippen molar-refractivity contribution in [3.05, 3.63) is 158 Å². The van der Waals surface area contributed by atoms with Gasteiger partial charge in [0.25, 0.3) is 0 Å². The summed E-state index contributed by atoms with van der Waals surface area (Å²) in [7, 11) is -3.34. The number of rotatable bonds is 10. The van der Waals surface area contributed by atoms with Crippen LogP contribution in [0.2, 0.25) is 0 Å². The van der Waals surface area contributed by atoms with E-state index in [2.05, 4.69) is 20.1 Å². The van der Waals surface area contributed by atoms with E-state index in [0.717, 1.165) is 73.2 Å². The molecule has 6 heterocycles. The van der Waals surface area contributed by atoms with E-state index in [1.54, 1.807) is 61.1 Å². The van der Waals surface area contributed by atoms with Gasteiger partial charge in [0.15, 0.2) is 15.7 Å². The van der Waals surface area contributed by atoms with Crippen LogP contribution in [0.15, 0.2) is 149 Å². The number of morpholine rings is 1. The third-order valence-corrected chi connectivity index (χ3v) is 14.1. The fourth-order valence-corrected chi connectivity index (χ4v) is 9.63. The summed E-state index contributed by atoms with van der Waals surface area (Å²) in [5, 5.41) is 8.51. The first-order chi connectivity index (χ1) is 34.0. The Kier molecular flexibility index (Phi) is 14.3. The quantitative estimate of drug-likeness (QED) is 0.128. The molecule has 1 fully saturated rings. The molecule has 0 saturated carbocycles. The number of hydrogen-bond acceptors (Lipinski definition) is 13. The van der Waals surface area contributed by atoms with E-state index < -0.39 is 9.84 Å². The second-order valence-corrected chi connectivity index (χ2v) is 19.1. The Morgan fingerprint density at radius 2 is 1.10 bits per heavy atom. The van der Waals surface area contributed by atoms with Crippen LogP contribution in [0.4, 0.5) is 13.2 Å². The molecule has 18 heteroatoms. The fraction of sp³-hybridized carbons (Fsp3) is 0.173. The van der Waals surface area contributed by atoms with Crippen molar-refractivity contribution in [3.8, 4) is 67.2 Å². The Hall–Kier alpha value is -7.51. The van der Waals surface area contributed by atoms with Gasteiger partial charge in [0.2, 0.25) is 5.89 Å². The molecule has 5 aromatic carbocycles. The van der Waals surface area contributed by atoms with Gasteiger partial charge in [-0.2, -0.15) is 0 Å². The first-order valence-electron chi connectivity index (χ1n) is 22.3. The van der Waals surface area contributed by atoms with E-state index >= 15 is 0 Å². The standard InChI is InChI=1S/C28H24F2N6O.C22H14FN3O3S2.C2H6/c29-22-6-1-19(2-7-22)26-27(20-3-8-23(30)9-4-20)33-25-17-21(5-10-24(25)32-26)28-34-31-18-36(28)12-11-35-13-15-37-16-14-35;1-31(27,28)19-9-8-18(30-19)21-20(13-2-5-15(23)6-3-13)26-17-12-14(4-7-16(17)25-21)22-24-10-11-29-22;1-2/h1-10,17-18H,11-16H2;2-12H,1H3;1-2H3. The second kappa shape index (κ2) is 21.0.